The van der Waals surface area contributed by atoms with E-state index in [1.54, 1.807) is 30.3 Å². The predicted molar refractivity (Wildman–Crippen MR) is 74.9 cm³/mol. The first-order chi connectivity index (χ1) is 10.1. The van der Waals surface area contributed by atoms with E-state index in [9.17, 15) is 9.90 Å². The molecule has 110 valence electrons. The number of amides is 1. The molecule has 1 aliphatic heterocycles. The van der Waals surface area contributed by atoms with Crippen LogP contribution in [0.15, 0.2) is 31.0 Å². The number of aromatic nitrogens is 4. The summed E-state index contributed by atoms with van der Waals surface area (Å²) in [6, 6.07) is 3.44. The minimum atomic E-state index is -0.804. The van der Waals surface area contributed by atoms with Gasteiger partial charge in [0.15, 0.2) is 5.82 Å². The third-order valence-corrected chi connectivity index (χ3v) is 3.61. The van der Waals surface area contributed by atoms with E-state index >= 15 is 0 Å². The smallest absolute Gasteiger partial charge is 0.255 e. The highest BCUT2D eigenvalue weighted by Crippen LogP contribution is 2.21. The van der Waals surface area contributed by atoms with E-state index in [0.717, 1.165) is 12.8 Å². The van der Waals surface area contributed by atoms with Crippen molar-refractivity contribution >= 4 is 5.91 Å². The van der Waals surface area contributed by atoms with Crippen LogP contribution < -0.4 is 0 Å². The molecule has 7 nitrogen and oxygen atoms in total. The molecular formula is C14H17N5O2. The molecule has 0 spiro atoms. The first kappa shape index (κ1) is 13.7. The normalized spacial score (nSPS) is 22.3. The molecule has 1 unspecified atom stereocenters. The van der Waals surface area contributed by atoms with E-state index in [1.807, 2.05) is 0 Å². The SMILES string of the molecule is CC1(O)CCCN(C(=O)c2ccc(-n3cncn3)nc2)C1. The van der Waals surface area contributed by atoms with E-state index in [0.29, 0.717) is 24.5 Å². The number of likely N-dealkylation sites (tertiary alicyclic amines) is 1. The van der Waals surface area contributed by atoms with Crippen LogP contribution in [-0.2, 0) is 0 Å². The number of carbonyl (C=O) groups is 1. The molecule has 3 rings (SSSR count). The Morgan fingerprint density at radius 1 is 1.43 bits per heavy atom. The number of piperidine rings is 1. The van der Waals surface area contributed by atoms with E-state index in [2.05, 4.69) is 15.1 Å². The molecule has 2 aromatic rings. The summed E-state index contributed by atoms with van der Waals surface area (Å²) in [6.45, 7) is 2.79. The first-order valence-electron chi connectivity index (χ1n) is 6.88. The fraction of sp³-hybridized carbons (Fsp3) is 0.429. The quantitative estimate of drug-likeness (QED) is 0.876. The maximum absolute atomic E-state index is 12.4. The molecule has 21 heavy (non-hydrogen) atoms. The van der Waals surface area contributed by atoms with E-state index in [1.165, 1.54) is 17.2 Å². The second kappa shape index (κ2) is 5.25. The number of carbonyl (C=O) groups excluding carboxylic acids is 1. The van der Waals surface area contributed by atoms with Crippen molar-refractivity contribution in [3.8, 4) is 5.82 Å². The van der Waals surface area contributed by atoms with Crippen LogP contribution >= 0.6 is 0 Å². The lowest BCUT2D eigenvalue weighted by molar-refractivity contribution is -0.0107. The van der Waals surface area contributed by atoms with Gasteiger partial charge in [-0.25, -0.2) is 14.6 Å². The fourth-order valence-corrected chi connectivity index (χ4v) is 2.55. The van der Waals surface area contributed by atoms with Crippen LogP contribution in [0.3, 0.4) is 0 Å². The van der Waals surface area contributed by atoms with Gasteiger partial charge in [0.1, 0.15) is 12.7 Å². The molecule has 1 atom stereocenters. The van der Waals surface area contributed by atoms with Crippen molar-refractivity contribution in [1.29, 1.82) is 0 Å². The minimum absolute atomic E-state index is 0.104. The number of pyridine rings is 1. The maximum Gasteiger partial charge on any atom is 0.255 e. The van der Waals surface area contributed by atoms with Gasteiger partial charge in [-0.05, 0) is 31.9 Å². The van der Waals surface area contributed by atoms with Gasteiger partial charge in [0.2, 0.25) is 0 Å². The fourth-order valence-electron chi connectivity index (χ4n) is 2.55. The van der Waals surface area contributed by atoms with Crippen LogP contribution in [0.2, 0.25) is 0 Å². The Balaban J connectivity index is 1.76. The number of aliphatic hydroxyl groups is 1. The van der Waals surface area contributed by atoms with Crippen LogP contribution in [0.25, 0.3) is 5.82 Å². The molecule has 0 saturated carbocycles. The summed E-state index contributed by atoms with van der Waals surface area (Å²) in [5.41, 5.74) is -0.293. The summed E-state index contributed by atoms with van der Waals surface area (Å²) in [6.07, 6.45) is 6.04. The van der Waals surface area contributed by atoms with Crippen LogP contribution in [0.4, 0.5) is 0 Å². The van der Waals surface area contributed by atoms with Gasteiger partial charge in [-0.3, -0.25) is 4.79 Å². The molecule has 1 N–H and O–H groups in total. The number of hydrogen-bond donors (Lipinski definition) is 1. The van der Waals surface area contributed by atoms with E-state index in [4.69, 9.17) is 0 Å². The van der Waals surface area contributed by atoms with Crippen molar-refractivity contribution in [2.24, 2.45) is 0 Å². The Kier molecular flexibility index (Phi) is 3.42. The molecule has 3 heterocycles. The van der Waals surface area contributed by atoms with Gasteiger partial charge in [-0.2, -0.15) is 5.10 Å². The summed E-state index contributed by atoms with van der Waals surface area (Å²) < 4.78 is 1.53. The van der Waals surface area contributed by atoms with E-state index < -0.39 is 5.60 Å². The van der Waals surface area contributed by atoms with Gasteiger partial charge < -0.3 is 10.0 Å². The van der Waals surface area contributed by atoms with Crippen molar-refractivity contribution < 1.29 is 9.90 Å². The molecule has 0 aromatic carbocycles. The Bertz CT molecular complexity index is 621. The topological polar surface area (TPSA) is 84.1 Å². The minimum Gasteiger partial charge on any atom is -0.388 e. The average molecular weight is 287 g/mol. The average Bonchev–Trinajstić information content (AvgIpc) is 3.00. The monoisotopic (exact) mass is 287 g/mol. The molecule has 1 amide bonds. The molecule has 0 radical (unpaired) electrons. The van der Waals surface area contributed by atoms with Crippen LogP contribution in [0.5, 0.6) is 0 Å². The van der Waals surface area contributed by atoms with Gasteiger partial charge in [0.25, 0.3) is 5.91 Å². The lowest BCUT2D eigenvalue weighted by atomic mass is 9.95. The molecule has 1 aliphatic rings. The first-order valence-corrected chi connectivity index (χ1v) is 6.88. The van der Waals surface area contributed by atoms with Crippen molar-refractivity contribution in [2.75, 3.05) is 13.1 Å². The van der Waals surface area contributed by atoms with Gasteiger partial charge in [0.05, 0.1) is 11.2 Å². The summed E-state index contributed by atoms with van der Waals surface area (Å²) in [5.74, 6) is 0.502. The standard InChI is InChI=1S/C14H17N5O2/c1-14(21)5-2-6-18(8-14)13(20)11-3-4-12(16-7-11)19-10-15-9-17-19/h3-4,7,9-10,21H,2,5-6,8H2,1H3. The Morgan fingerprint density at radius 3 is 2.90 bits per heavy atom. The Hall–Kier alpha value is -2.28. The largest absolute Gasteiger partial charge is 0.388 e. The molecule has 7 heteroatoms. The van der Waals surface area contributed by atoms with Gasteiger partial charge in [0, 0.05) is 19.3 Å². The van der Waals surface area contributed by atoms with Crippen molar-refractivity contribution in [2.45, 2.75) is 25.4 Å². The summed E-state index contributed by atoms with van der Waals surface area (Å²) >= 11 is 0. The molecule has 1 fully saturated rings. The molecule has 0 aliphatic carbocycles. The summed E-state index contributed by atoms with van der Waals surface area (Å²) in [5, 5.41) is 14.1. The zero-order chi connectivity index (χ0) is 14.9. The Labute approximate surface area is 122 Å². The number of β-amino-alcohol motifs (C(OH)–C–C–N with tert-alkyl or cyclic N) is 1. The maximum atomic E-state index is 12.4. The van der Waals surface area contributed by atoms with Crippen molar-refractivity contribution in [3.63, 3.8) is 0 Å². The second-order valence-corrected chi connectivity index (χ2v) is 5.57. The third-order valence-electron chi connectivity index (χ3n) is 3.61. The number of hydrogen-bond acceptors (Lipinski definition) is 5. The van der Waals surface area contributed by atoms with Crippen molar-refractivity contribution in [1.82, 2.24) is 24.6 Å². The third kappa shape index (κ3) is 2.92. The van der Waals surface area contributed by atoms with E-state index in [-0.39, 0.29) is 5.91 Å². The highest BCUT2D eigenvalue weighted by Gasteiger charge is 2.31. The van der Waals surface area contributed by atoms with Gasteiger partial charge in [-0.1, -0.05) is 0 Å². The highest BCUT2D eigenvalue weighted by molar-refractivity contribution is 5.94. The lowest BCUT2D eigenvalue weighted by Crippen LogP contribution is -2.48. The highest BCUT2D eigenvalue weighted by atomic mass is 16.3. The predicted octanol–water partition coefficient (Wildman–Crippen LogP) is 0.649. The lowest BCUT2D eigenvalue weighted by Gasteiger charge is -2.36. The van der Waals surface area contributed by atoms with Crippen molar-refractivity contribution in [3.05, 3.63) is 36.5 Å². The zero-order valence-corrected chi connectivity index (χ0v) is 11.8. The summed E-state index contributed by atoms with van der Waals surface area (Å²) in [4.78, 5) is 22.2. The molecule has 0 bridgehead atoms. The molecule has 1 saturated heterocycles. The number of nitrogens with zero attached hydrogens (tertiary/aromatic N) is 5. The Morgan fingerprint density at radius 2 is 2.29 bits per heavy atom. The summed E-state index contributed by atoms with van der Waals surface area (Å²) in [7, 11) is 0. The zero-order valence-electron chi connectivity index (χ0n) is 11.8. The van der Waals surface area contributed by atoms with Gasteiger partial charge in [-0.15, -0.1) is 0 Å². The number of rotatable bonds is 2. The molecular weight excluding hydrogens is 270 g/mol. The van der Waals surface area contributed by atoms with Gasteiger partial charge >= 0.3 is 0 Å². The second-order valence-electron chi connectivity index (χ2n) is 5.57. The van der Waals surface area contributed by atoms with Crippen LogP contribution in [0, 0.1) is 0 Å². The molecule has 2 aromatic heterocycles. The van der Waals surface area contributed by atoms with Crippen LogP contribution in [-0.4, -0.2) is 54.4 Å². The van der Waals surface area contributed by atoms with Crippen LogP contribution in [0.1, 0.15) is 30.1 Å².